The molecule has 0 saturated heterocycles. The van der Waals surface area contributed by atoms with Crippen molar-refractivity contribution in [2.75, 3.05) is 0 Å². The Balaban J connectivity index is 3.17. The van der Waals surface area contributed by atoms with Crippen molar-refractivity contribution < 1.29 is 4.39 Å². The molecule has 0 aliphatic rings. The van der Waals surface area contributed by atoms with Gasteiger partial charge >= 0.3 is 0 Å². The van der Waals surface area contributed by atoms with Crippen molar-refractivity contribution in [2.24, 2.45) is 27.2 Å². The Hall–Kier alpha value is -1.34. The molecule has 86 valence electrons. The van der Waals surface area contributed by atoms with Crippen LogP contribution in [0, 0.1) is 5.82 Å². The lowest BCUT2D eigenvalue weighted by molar-refractivity contribution is 0.629. The molecule has 0 atom stereocenters. The minimum atomic E-state index is -0.704. The van der Waals surface area contributed by atoms with Gasteiger partial charge in [0.15, 0.2) is 11.8 Å². The van der Waals surface area contributed by atoms with Crippen LogP contribution in [-0.4, -0.2) is 11.9 Å². The molecular formula is C8H8BrClFN5. The van der Waals surface area contributed by atoms with Crippen LogP contribution >= 0.6 is 27.5 Å². The zero-order valence-electron chi connectivity index (χ0n) is 7.92. The van der Waals surface area contributed by atoms with Crippen molar-refractivity contribution in [2.45, 2.75) is 0 Å². The van der Waals surface area contributed by atoms with E-state index < -0.39 is 5.82 Å². The highest BCUT2D eigenvalue weighted by atomic mass is 79.9. The molecule has 0 aromatic heterocycles. The summed E-state index contributed by atoms with van der Waals surface area (Å²) in [5, 5.41) is -0.0845. The zero-order valence-corrected chi connectivity index (χ0v) is 10.3. The molecule has 0 radical (unpaired) electrons. The maximum absolute atomic E-state index is 13.5. The smallest absolute Gasteiger partial charge is 0.223 e. The van der Waals surface area contributed by atoms with E-state index in [9.17, 15) is 4.39 Å². The first kappa shape index (κ1) is 12.7. The van der Waals surface area contributed by atoms with Gasteiger partial charge in [0, 0.05) is 4.47 Å². The number of nitrogens with two attached hydrogens (primary N) is 3. The highest BCUT2D eigenvalue weighted by Gasteiger charge is 2.09. The Morgan fingerprint density at radius 1 is 1.31 bits per heavy atom. The van der Waals surface area contributed by atoms with Crippen molar-refractivity contribution in [3.8, 4) is 0 Å². The molecule has 0 spiro atoms. The van der Waals surface area contributed by atoms with Crippen molar-refractivity contribution in [3.05, 3.63) is 27.4 Å². The molecule has 0 unspecified atom stereocenters. The minimum Gasteiger partial charge on any atom is -0.370 e. The predicted molar refractivity (Wildman–Crippen MR) is 66.2 cm³/mol. The Morgan fingerprint density at radius 2 is 1.94 bits per heavy atom. The van der Waals surface area contributed by atoms with E-state index in [-0.39, 0.29) is 22.6 Å². The molecule has 16 heavy (non-hydrogen) atoms. The summed E-state index contributed by atoms with van der Waals surface area (Å²) in [4.78, 5) is 7.11. The van der Waals surface area contributed by atoms with Gasteiger partial charge in [-0.1, -0.05) is 11.6 Å². The zero-order chi connectivity index (χ0) is 12.3. The Kier molecular flexibility index (Phi) is 4.08. The van der Waals surface area contributed by atoms with Crippen LogP contribution in [0.25, 0.3) is 0 Å². The molecule has 8 heteroatoms. The van der Waals surface area contributed by atoms with Gasteiger partial charge in [-0.2, -0.15) is 4.99 Å². The number of aliphatic imine (C=N–C) groups is 2. The molecule has 0 fully saturated rings. The number of guanidine groups is 2. The van der Waals surface area contributed by atoms with Crippen LogP contribution in [0.15, 0.2) is 26.6 Å². The molecule has 1 rings (SSSR count). The first-order chi connectivity index (χ1) is 7.41. The number of halogens is 3. The summed E-state index contributed by atoms with van der Waals surface area (Å²) in [6.45, 7) is 0. The summed E-state index contributed by atoms with van der Waals surface area (Å²) >= 11 is 8.72. The average Bonchev–Trinajstić information content (AvgIpc) is 2.18. The highest BCUT2D eigenvalue weighted by Crippen LogP contribution is 2.31. The summed E-state index contributed by atoms with van der Waals surface area (Å²) in [6.07, 6.45) is 0. The minimum absolute atomic E-state index is 0.0456. The van der Waals surface area contributed by atoms with Crippen molar-refractivity contribution in [1.82, 2.24) is 0 Å². The van der Waals surface area contributed by atoms with Gasteiger partial charge in [-0.3, -0.25) is 0 Å². The van der Waals surface area contributed by atoms with Crippen LogP contribution in [0.1, 0.15) is 0 Å². The lowest BCUT2D eigenvalue weighted by atomic mass is 10.3. The molecule has 0 aliphatic carbocycles. The van der Waals surface area contributed by atoms with Gasteiger partial charge in [0.05, 0.1) is 5.02 Å². The molecule has 5 nitrogen and oxygen atoms in total. The standard InChI is InChI=1S/C8H8BrClFN5/c9-3-1-2-4(6(11)5(3)10)15-8(14)16-7(12)13/h1-2H,(H6,12,13,14,15,16). The van der Waals surface area contributed by atoms with Crippen LogP contribution in [0.3, 0.4) is 0 Å². The van der Waals surface area contributed by atoms with Gasteiger partial charge < -0.3 is 17.2 Å². The van der Waals surface area contributed by atoms with E-state index in [2.05, 4.69) is 25.9 Å². The van der Waals surface area contributed by atoms with Gasteiger partial charge in [0.25, 0.3) is 0 Å². The van der Waals surface area contributed by atoms with E-state index in [1.807, 2.05) is 0 Å². The molecule has 0 aliphatic heterocycles. The van der Waals surface area contributed by atoms with E-state index in [1.54, 1.807) is 0 Å². The topological polar surface area (TPSA) is 103 Å². The number of rotatable bonds is 1. The summed E-state index contributed by atoms with van der Waals surface area (Å²) < 4.78 is 13.9. The SMILES string of the molecule is NC(N)=NC(N)=Nc1ccc(Br)c(Cl)c1F. The summed E-state index contributed by atoms with van der Waals surface area (Å²) in [5.41, 5.74) is 15.5. The Bertz CT molecular complexity index is 470. The second-order valence-corrected chi connectivity index (χ2v) is 3.93. The van der Waals surface area contributed by atoms with Gasteiger partial charge in [0.1, 0.15) is 5.69 Å². The van der Waals surface area contributed by atoms with Crippen molar-refractivity contribution in [3.63, 3.8) is 0 Å². The average molecular weight is 309 g/mol. The first-order valence-corrected chi connectivity index (χ1v) is 5.16. The number of nitrogens with zero attached hydrogens (tertiary/aromatic N) is 2. The maximum atomic E-state index is 13.5. The van der Waals surface area contributed by atoms with E-state index in [0.717, 1.165) is 0 Å². The van der Waals surface area contributed by atoms with E-state index >= 15 is 0 Å². The number of hydrogen-bond donors (Lipinski definition) is 3. The molecular weight excluding hydrogens is 300 g/mol. The molecule has 1 aromatic carbocycles. The van der Waals surface area contributed by atoms with Crippen molar-refractivity contribution >= 4 is 45.1 Å². The maximum Gasteiger partial charge on any atom is 0.223 e. The molecule has 0 bridgehead atoms. The number of hydrogen-bond acceptors (Lipinski definition) is 1. The second-order valence-electron chi connectivity index (χ2n) is 2.70. The van der Waals surface area contributed by atoms with E-state index in [4.69, 9.17) is 28.8 Å². The normalized spacial score (nSPS) is 11.3. The third kappa shape index (κ3) is 3.07. The molecule has 0 saturated carbocycles. The Morgan fingerprint density at radius 3 is 2.50 bits per heavy atom. The summed E-state index contributed by atoms with van der Waals surface area (Å²) in [7, 11) is 0. The monoisotopic (exact) mass is 307 g/mol. The van der Waals surface area contributed by atoms with Gasteiger partial charge in [-0.25, -0.2) is 9.38 Å². The van der Waals surface area contributed by atoms with E-state index in [0.29, 0.717) is 4.47 Å². The van der Waals surface area contributed by atoms with Crippen molar-refractivity contribution in [1.29, 1.82) is 0 Å². The van der Waals surface area contributed by atoms with Gasteiger partial charge in [-0.05, 0) is 28.1 Å². The van der Waals surface area contributed by atoms with Crippen LogP contribution in [0.2, 0.25) is 5.02 Å². The Labute approximate surface area is 104 Å². The van der Waals surface area contributed by atoms with Crippen LogP contribution < -0.4 is 17.2 Å². The quantitative estimate of drug-likeness (QED) is 0.416. The summed E-state index contributed by atoms with van der Waals surface area (Å²) in [5.74, 6) is -1.22. The van der Waals surface area contributed by atoms with Crippen LogP contribution in [0.4, 0.5) is 10.1 Å². The van der Waals surface area contributed by atoms with Crippen LogP contribution in [0.5, 0.6) is 0 Å². The molecule has 6 N–H and O–H groups in total. The second kappa shape index (κ2) is 5.13. The fourth-order valence-electron chi connectivity index (χ4n) is 0.883. The van der Waals surface area contributed by atoms with Gasteiger partial charge in [0.2, 0.25) is 5.96 Å². The third-order valence-corrected chi connectivity index (χ3v) is 2.75. The fourth-order valence-corrected chi connectivity index (χ4v) is 1.35. The van der Waals surface area contributed by atoms with E-state index in [1.165, 1.54) is 12.1 Å². The third-order valence-electron chi connectivity index (χ3n) is 1.49. The van der Waals surface area contributed by atoms with Gasteiger partial charge in [-0.15, -0.1) is 0 Å². The molecule has 0 heterocycles. The largest absolute Gasteiger partial charge is 0.370 e. The lowest BCUT2D eigenvalue weighted by Crippen LogP contribution is -2.26. The highest BCUT2D eigenvalue weighted by molar-refractivity contribution is 9.10. The molecule has 0 amide bonds. The molecule has 1 aromatic rings. The summed E-state index contributed by atoms with van der Waals surface area (Å²) in [6, 6.07) is 2.92. The predicted octanol–water partition coefficient (Wildman–Crippen LogP) is 1.46. The number of benzene rings is 1. The first-order valence-electron chi connectivity index (χ1n) is 3.99. The van der Waals surface area contributed by atoms with Crippen LogP contribution in [-0.2, 0) is 0 Å². The lowest BCUT2D eigenvalue weighted by Gasteiger charge is -2.01. The fraction of sp³-hybridized carbons (Fsp3) is 0.